The van der Waals surface area contributed by atoms with E-state index < -0.39 is 5.97 Å². The molecule has 0 radical (unpaired) electrons. The van der Waals surface area contributed by atoms with Crippen molar-refractivity contribution in [3.8, 4) is 0 Å². The first-order chi connectivity index (χ1) is 10.1. The molecule has 21 heavy (non-hydrogen) atoms. The first kappa shape index (κ1) is 13.8. The van der Waals surface area contributed by atoms with Crippen LogP contribution in [0, 0.1) is 6.92 Å². The Morgan fingerprint density at radius 1 is 1.43 bits per heavy atom. The molecule has 1 N–H and O–H groups in total. The van der Waals surface area contributed by atoms with E-state index in [2.05, 4.69) is 29.1 Å². The molecule has 3 rings (SSSR count). The van der Waals surface area contributed by atoms with E-state index in [4.69, 9.17) is 0 Å². The number of rotatable bonds is 4. The second-order valence-electron chi connectivity index (χ2n) is 4.87. The Labute approximate surface area is 125 Å². The van der Waals surface area contributed by atoms with Gasteiger partial charge in [-0.25, -0.2) is 14.5 Å². The summed E-state index contributed by atoms with van der Waals surface area (Å²) in [6.07, 6.45) is 2.28. The van der Waals surface area contributed by atoms with Gasteiger partial charge in [-0.3, -0.25) is 0 Å². The maximum absolute atomic E-state index is 11.4. The SMILES string of the molecule is CCc1cc(C(=O)O)c2cnn(Cc3ccc(C)s3)c2n1. The summed E-state index contributed by atoms with van der Waals surface area (Å²) < 4.78 is 1.77. The molecular weight excluding hydrogens is 286 g/mol. The fourth-order valence-electron chi connectivity index (χ4n) is 2.29. The smallest absolute Gasteiger partial charge is 0.336 e. The van der Waals surface area contributed by atoms with Gasteiger partial charge in [0.05, 0.1) is 23.7 Å². The third-order valence-electron chi connectivity index (χ3n) is 3.36. The van der Waals surface area contributed by atoms with Crippen LogP contribution in [-0.2, 0) is 13.0 Å². The minimum Gasteiger partial charge on any atom is -0.478 e. The van der Waals surface area contributed by atoms with Crippen molar-refractivity contribution in [2.75, 3.05) is 0 Å². The van der Waals surface area contributed by atoms with Crippen molar-refractivity contribution in [1.29, 1.82) is 0 Å². The summed E-state index contributed by atoms with van der Waals surface area (Å²) in [5.41, 5.74) is 1.67. The lowest BCUT2D eigenvalue weighted by Crippen LogP contribution is -2.05. The van der Waals surface area contributed by atoms with Crippen LogP contribution in [0.2, 0.25) is 0 Å². The van der Waals surface area contributed by atoms with Gasteiger partial charge in [-0.1, -0.05) is 6.92 Å². The monoisotopic (exact) mass is 301 g/mol. The van der Waals surface area contributed by atoms with Crippen LogP contribution in [0.15, 0.2) is 24.4 Å². The zero-order chi connectivity index (χ0) is 15.0. The van der Waals surface area contributed by atoms with Crippen LogP contribution in [0.25, 0.3) is 11.0 Å². The lowest BCUT2D eigenvalue weighted by Gasteiger charge is -2.04. The molecule has 0 amide bonds. The number of aromatic carboxylic acids is 1. The minimum absolute atomic E-state index is 0.269. The molecule has 3 aromatic heterocycles. The van der Waals surface area contributed by atoms with Crippen LogP contribution in [-0.4, -0.2) is 25.8 Å². The van der Waals surface area contributed by atoms with Crippen molar-refractivity contribution in [2.24, 2.45) is 0 Å². The highest BCUT2D eigenvalue weighted by atomic mass is 32.1. The second kappa shape index (κ2) is 5.29. The summed E-state index contributed by atoms with van der Waals surface area (Å²) in [5.74, 6) is -0.941. The lowest BCUT2D eigenvalue weighted by atomic mass is 10.1. The topological polar surface area (TPSA) is 68.0 Å². The molecule has 0 atom stereocenters. The third kappa shape index (κ3) is 2.54. The summed E-state index contributed by atoms with van der Waals surface area (Å²) in [6.45, 7) is 4.63. The van der Waals surface area contributed by atoms with E-state index in [-0.39, 0.29) is 5.56 Å². The summed E-state index contributed by atoms with van der Waals surface area (Å²) in [4.78, 5) is 18.4. The van der Waals surface area contributed by atoms with Crippen molar-refractivity contribution >= 4 is 28.3 Å². The largest absolute Gasteiger partial charge is 0.478 e. The van der Waals surface area contributed by atoms with E-state index in [1.54, 1.807) is 28.3 Å². The first-order valence-electron chi connectivity index (χ1n) is 6.72. The fraction of sp³-hybridized carbons (Fsp3) is 0.267. The molecule has 0 unspecified atom stereocenters. The van der Waals surface area contributed by atoms with Gasteiger partial charge in [-0.2, -0.15) is 5.10 Å². The normalized spacial score (nSPS) is 11.1. The first-order valence-corrected chi connectivity index (χ1v) is 7.54. The highest BCUT2D eigenvalue weighted by Gasteiger charge is 2.15. The Kier molecular flexibility index (Phi) is 3.47. The molecule has 0 aliphatic heterocycles. The van der Waals surface area contributed by atoms with E-state index in [0.717, 1.165) is 5.69 Å². The Balaban J connectivity index is 2.11. The van der Waals surface area contributed by atoms with E-state index in [1.165, 1.54) is 9.75 Å². The number of thiophene rings is 1. The van der Waals surface area contributed by atoms with Gasteiger partial charge < -0.3 is 5.11 Å². The van der Waals surface area contributed by atoms with Crippen LogP contribution >= 0.6 is 11.3 Å². The number of nitrogens with zero attached hydrogens (tertiary/aromatic N) is 3. The zero-order valence-corrected chi connectivity index (χ0v) is 12.6. The molecule has 0 saturated carbocycles. The van der Waals surface area contributed by atoms with Gasteiger partial charge in [-0.05, 0) is 31.5 Å². The number of aryl methyl sites for hydroxylation is 2. The number of aromatic nitrogens is 3. The van der Waals surface area contributed by atoms with Crippen molar-refractivity contribution in [3.05, 3.63) is 45.4 Å². The van der Waals surface area contributed by atoms with Crippen molar-refractivity contribution in [1.82, 2.24) is 14.8 Å². The Morgan fingerprint density at radius 3 is 2.86 bits per heavy atom. The van der Waals surface area contributed by atoms with Gasteiger partial charge in [0.1, 0.15) is 0 Å². The highest BCUT2D eigenvalue weighted by molar-refractivity contribution is 7.11. The van der Waals surface area contributed by atoms with Crippen LogP contribution in [0.5, 0.6) is 0 Å². The molecule has 0 aromatic carbocycles. The van der Waals surface area contributed by atoms with Gasteiger partial charge in [0, 0.05) is 15.4 Å². The maximum Gasteiger partial charge on any atom is 0.336 e. The molecule has 108 valence electrons. The quantitative estimate of drug-likeness (QED) is 0.804. The number of carboxylic acids is 1. The average molecular weight is 301 g/mol. The standard InChI is InChI=1S/C15H15N3O2S/c1-3-10-6-12(15(19)20)13-7-16-18(14(13)17-10)8-11-5-4-9(2)21-11/h4-7H,3,8H2,1-2H3,(H,19,20). The molecule has 3 heterocycles. The molecule has 0 spiro atoms. The summed E-state index contributed by atoms with van der Waals surface area (Å²) >= 11 is 1.71. The minimum atomic E-state index is -0.941. The molecule has 3 aromatic rings. The van der Waals surface area contributed by atoms with E-state index in [0.29, 0.717) is 24.0 Å². The van der Waals surface area contributed by atoms with Crippen molar-refractivity contribution in [2.45, 2.75) is 26.8 Å². The van der Waals surface area contributed by atoms with Crippen LogP contribution in [0.3, 0.4) is 0 Å². The van der Waals surface area contributed by atoms with Gasteiger partial charge >= 0.3 is 5.97 Å². The molecule has 0 fully saturated rings. The fourth-order valence-corrected chi connectivity index (χ4v) is 3.16. The van der Waals surface area contributed by atoms with Gasteiger partial charge in [0.15, 0.2) is 5.65 Å². The molecule has 0 aliphatic carbocycles. The number of carbonyl (C=O) groups is 1. The van der Waals surface area contributed by atoms with Gasteiger partial charge in [0.2, 0.25) is 0 Å². The number of pyridine rings is 1. The molecule has 0 aliphatic rings. The second-order valence-corrected chi connectivity index (χ2v) is 6.24. The summed E-state index contributed by atoms with van der Waals surface area (Å²) in [5, 5.41) is 14.2. The summed E-state index contributed by atoms with van der Waals surface area (Å²) in [7, 11) is 0. The average Bonchev–Trinajstić information content (AvgIpc) is 3.05. The van der Waals surface area contributed by atoms with Crippen molar-refractivity contribution in [3.63, 3.8) is 0 Å². The van der Waals surface area contributed by atoms with Crippen LogP contribution in [0.1, 0.15) is 32.7 Å². The highest BCUT2D eigenvalue weighted by Crippen LogP contribution is 2.22. The summed E-state index contributed by atoms with van der Waals surface area (Å²) in [6, 6.07) is 5.76. The predicted molar refractivity (Wildman–Crippen MR) is 82.0 cm³/mol. The molecule has 6 heteroatoms. The van der Waals surface area contributed by atoms with Gasteiger partial charge in [-0.15, -0.1) is 11.3 Å². The Bertz CT molecular complexity index is 820. The van der Waals surface area contributed by atoms with E-state index >= 15 is 0 Å². The maximum atomic E-state index is 11.4. The zero-order valence-electron chi connectivity index (χ0n) is 11.8. The number of hydrogen-bond acceptors (Lipinski definition) is 4. The number of carboxylic acid groups (broad SMARTS) is 1. The van der Waals surface area contributed by atoms with E-state index in [9.17, 15) is 9.90 Å². The lowest BCUT2D eigenvalue weighted by molar-refractivity contribution is 0.0699. The molecule has 0 bridgehead atoms. The number of fused-ring (bicyclic) bond motifs is 1. The van der Waals surface area contributed by atoms with Crippen molar-refractivity contribution < 1.29 is 9.90 Å². The van der Waals surface area contributed by atoms with Crippen LogP contribution < -0.4 is 0 Å². The molecular formula is C15H15N3O2S. The Morgan fingerprint density at radius 2 is 2.24 bits per heavy atom. The van der Waals surface area contributed by atoms with Gasteiger partial charge in [0.25, 0.3) is 0 Å². The molecule has 5 nitrogen and oxygen atoms in total. The Hall–Kier alpha value is -2.21. The number of hydrogen-bond donors (Lipinski definition) is 1. The molecule has 0 saturated heterocycles. The predicted octanol–water partition coefficient (Wildman–Crippen LogP) is 3.11. The van der Waals surface area contributed by atoms with Crippen LogP contribution in [0.4, 0.5) is 0 Å². The third-order valence-corrected chi connectivity index (χ3v) is 4.34. The van der Waals surface area contributed by atoms with E-state index in [1.807, 2.05) is 6.92 Å².